The predicted molar refractivity (Wildman–Crippen MR) is 150 cm³/mol. The van der Waals surface area contributed by atoms with E-state index in [0.717, 1.165) is 25.2 Å². The molecule has 0 aromatic carbocycles. The molecule has 1 fully saturated rings. The van der Waals surface area contributed by atoms with Crippen LogP contribution in [0, 0.1) is 11.8 Å². The van der Waals surface area contributed by atoms with Crippen molar-refractivity contribution in [3.05, 3.63) is 24.8 Å². The Morgan fingerprint density at radius 3 is 2.08 bits per heavy atom. The Hall–Kier alpha value is -1.70. The summed E-state index contributed by atoms with van der Waals surface area (Å²) in [4.78, 5) is 42.7. The molecule has 7 nitrogen and oxygen atoms in total. The molecule has 2 atom stereocenters. The van der Waals surface area contributed by atoms with Crippen LogP contribution in [0.2, 0.25) is 0 Å². The second-order valence-corrected chi connectivity index (χ2v) is 11.5. The number of unbranched alkanes of at least 4 members (excludes halogenated alkanes) is 11. The van der Waals surface area contributed by atoms with Crippen molar-refractivity contribution in [2.24, 2.45) is 11.8 Å². The molecule has 0 spiro atoms. The summed E-state index contributed by atoms with van der Waals surface area (Å²) >= 11 is 0. The fourth-order valence-corrected chi connectivity index (χ4v) is 4.77. The molecule has 226 valence electrons. The smallest absolute Gasteiger partial charge is 0.413 e. The van der Waals surface area contributed by atoms with Crippen molar-refractivity contribution in [3.8, 4) is 0 Å². The van der Waals surface area contributed by atoms with Crippen molar-refractivity contribution in [2.75, 3.05) is 14.1 Å². The third kappa shape index (κ3) is 14.5. The van der Waals surface area contributed by atoms with Crippen molar-refractivity contribution < 1.29 is 46.1 Å². The minimum absolute atomic E-state index is 0. The monoisotopic (exact) mass is 571 g/mol. The number of aliphatic hydroxyl groups is 1. The van der Waals surface area contributed by atoms with Gasteiger partial charge < -0.3 is 22.3 Å². The lowest BCUT2D eigenvalue weighted by molar-refractivity contribution is -1.14. The van der Waals surface area contributed by atoms with Crippen LogP contribution in [0.5, 0.6) is 0 Å². The number of halogens is 1. The number of esters is 1. The van der Waals surface area contributed by atoms with E-state index in [1.165, 1.54) is 78.3 Å². The van der Waals surface area contributed by atoms with Gasteiger partial charge in [0.15, 0.2) is 11.7 Å². The molecule has 39 heavy (non-hydrogen) atoms. The first-order valence-electron chi connectivity index (χ1n) is 14.8. The molecule has 8 heteroatoms. The van der Waals surface area contributed by atoms with Gasteiger partial charge in [0.2, 0.25) is 0 Å². The molecule has 0 bridgehead atoms. The zero-order valence-corrected chi connectivity index (χ0v) is 25.7. The summed E-state index contributed by atoms with van der Waals surface area (Å²) < 4.78 is 4.54. The van der Waals surface area contributed by atoms with E-state index in [1.807, 2.05) is 6.08 Å². The molecular weight excluding hydrogens is 518 g/mol. The molecule has 2 unspecified atom stereocenters. The van der Waals surface area contributed by atoms with Gasteiger partial charge in [-0.25, -0.2) is 4.79 Å². The number of ketones is 1. The number of hydroxylamine groups is 3. The van der Waals surface area contributed by atoms with E-state index in [9.17, 15) is 19.5 Å². The first kappa shape index (κ1) is 37.3. The quantitative estimate of drug-likeness (QED) is 0.0594. The van der Waals surface area contributed by atoms with E-state index in [1.54, 1.807) is 12.2 Å². The number of Topliss-reactive ketones (excluding diaryl/α,β-unsaturated/α-hetero) is 1. The Labute approximate surface area is 243 Å². The molecule has 0 aromatic rings. The third-order valence-electron chi connectivity index (χ3n) is 7.23. The van der Waals surface area contributed by atoms with Gasteiger partial charge in [0.25, 0.3) is 0 Å². The van der Waals surface area contributed by atoms with Crippen LogP contribution in [-0.4, -0.2) is 47.5 Å². The maximum atomic E-state index is 12.9. The van der Waals surface area contributed by atoms with Crippen LogP contribution in [0.25, 0.3) is 0 Å². The number of nitrogens with zero attached hydrogens (tertiary/aromatic N) is 1. The van der Waals surface area contributed by atoms with Gasteiger partial charge in [0, 0.05) is 6.42 Å². The molecule has 0 saturated carbocycles. The van der Waals surface area contributed by atoms with E-state index in [4.69, 9.17) is 9.57 Å². The molecule has 1 saturated heterocycles. The number of cyclic esters (lactones) is 1. The van der Waals surface area contributed by atoms with E-state index in [-0.39, 0.29) is 37.5 Å². The van der Waals surface area contributed by atoms with Gasteiger partial charge in [-0.15, -0.1) is 6.58 Å². The highest BCUT2D eigenvalue weighted by atomic mass is 35.5. The molecule has 0 radical (unpaired) electrons. The van der Waals surface area contributed by atoms with Gasteiger partial charge in [-0.3, -0.25) is 14.4 Å². The Morgan fingerprint density at radius 1 is 1.00 bits per heavy atom. The minimum atomic E-state index is -2.33. The molecule has 1 heterocycles. The van der Waals surface area contributed by atoms with Gasteiger partial charge in [-0.2, -0.15) is 0 Å². The summed E-state index contributed by atoms with van der Waals surface area (Å²) in [5, 5.41) is 11.4. The van der Waals surface area contributed by atoms with E-state index in [2.05, 4.69) is 20.4 Å². The lowest BCUT2D eigenvalue weighted by Gasteiger charge is -2.40. The number of quaternary nitrogens is 1. The fraction of sp³-hybridized carbons (Fsp3) is 0.774. The highest BCUT2D eigenvalue weighted by Gasteiger charge is 2.61. The Balaban J connectivity index is 0.0000144. The Bertz CT molecular complexity index is 766. The number of hydrogen-bond donors (Lipinski definition) is 1. The number of hydrogen-bond acceptors (Lipinski definition) is 6. The standard InChI is InChI=1S/C31H54NO6.ClH/c1-6-7-23-30(35)38-32(4,5)31(36)27(28(33)24-25-29(34)37-31)22-20-18-16-14-12-10-8-9-11-13-15-17-19-21-26(2)3;/h6,20,22,26-27,36H,1,7-19,21,23-25H2,2-5H3;1H/q+1;/p-1. The zero-order valence-electron chi connectivity index (χ0n) is 24.9. The lowest BCUT2D eigenvalue weighted by Crippen LogP contribution is -3.00. The van der Waals surface area contributed by atoms with Crippen LogP contribution >= 0.6 is 0 Å². The number of ether oxygens (including phenoxy) is 1. The van der Waals surface area contributed by atoms with Crippen molar-refractivity contribution in [1.82, 2.24) is 0 Å². The largest absolute Gasteiger partial charge is 1.00 e. The van der Waals surface area contributed by atoms with Crippen LogP contribution < -0.4 is 12.4 Å². The minimum Gasteiger partial charge on any atom is -1.00 e. The molecule has 0 amide bonds. The molecular formula is C31H54ClNO6. The first-order valence-corrected chi connectivity index (χ1v) is 14.8. The summed E-state index contributed by atoms with van der Waals surface area (Å²) in [5.74, 6) is -4.23. The number of allylic oxidation sites excluding steroid dienone is 2. The third-order valence-corrected chi connectivity index (χ3v) is 7.23. The number of carbonyl (C=O) groups is 3. The van der Waals surface area contributed by atoms with Gasteiger partial charge >= 0.3 is 17.8 Å². The van der Waals surface area contributed by atoms with Crippen molar-refractivity contribution in [1.29, 1.82) is 0 Å². The average molecular weight is 572 g/mol. The van der Waals surface area contributed by atoms with E-state index in [0.29, 0.717) is 6.42 Å². The second kappa shape index (κ2) is 20.2. The van der Waals surface area contributed by atoms with Gasteiger partial charge in [0.05, 0.1) is 12.8 Å². The molecule has 0 aliphatic carbocycles. The van der Waals surface area contributed by atoms with Crippen LogP contribution in [0.15, 0.2) is 24.8 Å². The molecule has 1 rings (SSSR count). The molecule has 0 aromatic heterocycles. The van der Waals surface area contributed by atoms with Crippen LogP contribution in [-0.2, 0) is 24.0 Å². The Morgan fingerprint density at radius 2 is 1.54 bits per heavy atom. The summed E-state index contributed by atoms with van der Waals surface area (Å²) in [6.45, 7) is 8.17. The number of rotatable bonds is 20. The molecule has 1 aliphatic rings. The van der Waals surface area contributed by atoms with Crippen molar-refractivity contribution >= 4 is 17.7 Å². The predicted octanol–water partition coefficient (Wildman–Crippen LogP) is 3.94. The topological polar surface area (TPSA) is 89.9 Å². The lowest BCUT2D eigenvalue weighted by atomic mass is 9.95. The van der Waals surface area contributed by atoms with Crippen molar-refractivity contribution in [3.63, 3.8) is 0 Å². The first-order chi connectivity index (χ1) is 18.0. The average Bonchev–Trinajstić information content (AvgIpc) is 2.95. The van der Waals surface area contributed by atoms with Gasteiger partial charge in [0.1, 0.15) is 14.1 Å². The fourth-order valence-electron chi connectivity index (χ4n) is 4.77. The summed E-state index contributed by atoms with van der Waals surface area (Å²) in [6, 6.07) is 0. The molecule has 1 aliphatic heterocycles. The van der Waals surface area contributed by atoms with Crippen LogP contribution in [0.4, 0.5) is 0 Å². The molecule has 1 N–H and O–H groups in total. The SMILES string of the molecule is C=CCCC(=O)O[N+](C)(C)C1(O)OC(=O)CCC(=O)C1C=CCCCCCCCCCCCCCC(C)C.[Cl-]. The van der Waals surface area contributed by atoms with Crippen LogP contribution in [0.1, 0.15) is 123 Å². The summed E-state index contributed by atoms with van der Waals surface area (Å²) in [7, 11) is 2.82. The normalized spacial score (nSPS) is 20.0. The van der Waals surface area contributed by atoms with Crippen molar-refractivity contribution in [2.45, 2.75) is 129 Å². The highest BCUT2D eigenvalue weighted by molar-refractivity contribution is 5.88. The Kier molecular flexibility index (Phi) is 19.3. The number of carbonyl (C=O) groups excluding carboxylic acids is 3. The summed E-state index contributed by atoms with van der Waals surface area (Å²) in [6.07, 6.45) is 21.5. The van der Waals surface area contributed by atoms with E-state index < -0.39 is 28.4 Å². The summed E-state index contributed by atoms with van der Waals surface area (Å²) in [5.41, 5.74) is 0. The maximum Gasteiger partial charge on any atom is 0.413 e. The van der Waals surface area contributed by atoms with E-state index >= 15 is 0 Å². The van der Waals surface area contributed by atoms with Gasteiger partial charge in [-0.05, 0) is 25.2 Å². The highest BCUT2D eigenvalue weighted by Crippen LogP contribution is 2.35. The second-order valence-electron chi connectivity index (χ2n) is 11.5. The maximum absolute atomic E-state index is 12.9. The van der Waals surface area contributed by atoms with Crippen LogP contribution in [0.3, 0.4) is 0 Å². The zero-order chi connectivity index (χ0) is 28.4. The van der Waals surface area contributed by atoms with Gasteiger partial charge in [-0.1, -0.05) is 107 Å².